The van der Waals surface area contributed by atoms with E-state index in [1.807, 2.05) is 24.4 Å². The van der Waals surface area contributed by atoms with Crippen LogP contribution in [0.5, 0.6) is 0 Å². The number of benzene rings is 2. The molecule has 0 bridgehead atoms. The second-order valence-corrected chi connectivity index (χ2v) is 8.64. The zero-order valence-electron chi connectivity index (χ0n) is 20.3. The first kappa shape index (κ1) is 23.8. The van der Waals surface area contributed by atoms with Crippen molar-refractivity contribution < 1.29 is 4.42 Å². The maximum absolute atomic E-state index is 6.15. The average molecular weight is 455 g/mol. The molecule has 0 radical (unpaired) electrons. The van der Waals surface area contributed by atoms with Crippen LogP contribution in [-0.2, 0) is 6.54 Å². The lowest BCUT2D eigenvalue weighted by Crippen LogP contribution is -2.14. The van der Waals surface area contributed by atoms with E-state index in [9.17, 15) is 0 Å². The molecule has 5 heteroatoms. The second-order valence-electron chi connectivity index (χ2n) is 8.64. The minimum atomic E-state index is 0.524. The highest BCUT2D eigenvalue weighted by Gasteiger charge is 2.14. The number of hydrogen-bond donors (Lipinski definition) is 1. The molecule has 34 heavy (non-hydrogen) atoms. The number of unbranched alkanes of at least 4 members (excludes halogenated alkanes) is 3. The number of pyridine rings is 1. The SMILES string of the molecule is CCCCC/C(=C\c1nnc(-c2ccc(CNCCCC)c3ncccc23)o1)c1ccccc1. The highest BCUT2D eigenvalue weighted by molar-refractivity contribution is 5.94. The Morgan fingerprint density at radius 2 is 1.76 bits per heavy atom. The normalized spacial score (nSPS) is 11.9. The van der Waals surface area contributed by atoms with Crippen molar-refractivity contribution in [3.05, 3.63) is 77.8 Å². The van der Waals surface area contributed by atoms with Gasteiger partial charge in [0.15, 0.2) is 0 Å². The van der Waals surface area contributed by atoms with Crippen LogP contribution < -0.4 is 5.32 Å². The summed E-state index contributed by atoms with van der Waals surface area (Å²) in [5, 5.41) is 13.3. The van der Waals surface area contributed by atoms with E-state index in [0.717, 1.165) is 42.4 Å². The summed E-state index contributed by atoms with van der Waals surface area (Å²) < 4.78 is 6.15. The van der Waals surface area contributed by atoms with Gasteiger partial charge in [-0.1, -0.05) is 75.6 Å². The fourth-order valence-electron chi connectivity index (χ4n) is 4.15. The Morgan fingerprint density at radius 3 is 2.59 bits per heavy atom. The predicted molar refractivity (Wildman–Crippen MR) is 140 cm³/mol. The third kappa shape index (κ3) is 5.97. The zero-order chi connectivity index (χ0) is 23.6. The largest absolute Gasteiger partial charge is 0.417 e. The summed E-state index contributed by atoms with van der Waals surface area (Å²) in [5.74, 6) is 1.06. The van der Waals surface area contributed by atoms with Crippen LogP contribution in [-0.4, -0.2) is 21.7 Å². The van der Waals surface area contributed by atoms with Gasteiger partial charge in [-0.15, -0.1) is 10.2 Å². The van der Waals surface area contributed by atoms with Gasteiger partial charge in [0.1, 0.15) is 0 Å². The van der Waals surface area contributed by atoms with E-state index in [1.54, 1.807) is 0 Å². The van der Waals surface area contributed by atoms with Crippen molar-refractivity contribution in [3.8, 4) is 11.5 Å². The standard InChI is InChI=1S/C29H34N4O/c1-3-5-8-14-23(22-12-9-7-10-13-22)20-27-32-33-29(34-27)26-17-16-24(21-30-18-6-4-2)28-25(26)15-11-19-31-28/h7,9-13,15-17,19-20,30H,3-6,8,14,18,21H2,1-2H3/b23-20+. The molecule has 0 spiro atoms. The van der Waals surface area contributed by atoms with Crippen molar-refractivity contribution in [3.63, 3.8) is 0 Å². The molecule has 0 saturated carbocycles. The minimum Gasteiger partial charge on any atom is -0.417 e. The first-order chi connectivity index (χ1) is 16.8. The van der Waals surface area contributed by atoms with Crippen LogP contribution in [0.25, 0.3) is 34.0 Å². The molecule has 0 unspecified atom stereocenters. The van der Waals surface area contributed by atoms with Crippen LogP contribution in [0.3, 0.4) is 0 Å². The molecular weight excluding hydrogens is 420 g/mol. The van der Waals surface area contributed by atoms with E-state index < -0.39 is 0 Å². The molecule has 0 aliphatic rings. The van der Waals surface area contributed by atoms with Gasteiger partial charge in [0.05, 0.1) is 5.52 Å². The van der Waals surface area contributed by atoms with Crippen molar-refractivity contribution >= 4 is 22.6 Å². The van der Waals surface area contributed by atoms with Gasteiger partial charge in [-0.2, -0.15) is 0 Å². The lowest BCUT2D eigenvalue weighted by molar-refractivity contribution is 0.558. The Balaban J connectivity index is 1.62. The topological polar surface area (TPSA) is 63.8 Å². The molecular formula is C29H34N4O. The molecule has 176 valence electrons. The molecule has 2 aromatic heterocycles. The van der Waals surface area contributed by atoms with Gasteiger partial charge in [0, 0.05) is 29.8 Å². The van der Waals surface area contributed by atoms with Crippen molar-refractivity contribution in [2.24, 2.45) is 0 Å². The molecule has 1 N–H and O–H groups in total. The number of allylic oxidation sites excluding steroid dienone is 1. The Labute approximate surface area is 202 Å². The molecule has 2 aromatic carbocycles. The molecule has 0 saturated heterocycles. The van der Waals surface area contributed by atoms with Crippen LogP contribution in [0.4, 0.5) is 0 Å². The molecule has 0 aliphatic heterocycles. The maximum atomic E-state index is 6.15. The van der Waals surface area contributed by atoms with Crippen molar-refractivity contribution in [1.82, 2.24) is 20.5 Å². The van der Waals surface area contributed by atoms with Gasteiger partial charge in [0.25, 0.3) is 0 Å². The number of rotatable bonds is 12. The molecule has 0 amide bonds. The first-order valence-corrected chi connectivity index (χ1v) is 12.5. The fraction of sp³-hybridized carbons (Fsp3) is 0.345. The van der Waals surface area contributed by atoms with E-state index >= 15 is 0 Å². The number of hydrogen-bond acceptors (Lipinski definition) is 5. The Bertz CT molecular complexity index is 1210. The molecule has 2 heterocycles. The number of nitrogens with zero attached hydrogens (tertiary/aromatic N) is 3. The molecule has 5 nitrogen and oxygen atoms in total. The summed E-state index contributed by atoms with van der Waals surface area (Å²) in [6.45, 7) is 6.23. The third-order valence-electron chi connectivity index (χ3n) is 6.04. The lowest BCUT2D eigenvalue weighted by Gasteiger charge is -2.09. The van der Waals surface area contributed by atoms with E-state index in [4.69, 9.17) is 4.42 Å². The number of aromatic nitrogens is 3. The number of nitrogens with one attached hydrogen (secondary N) is 1. The summed E-state index contributed by atoms with van der Waals surface area (Å²) in [5.41, 5.74) is 5.50. The van der Waals surface area contributed by atoms with Gasteiger partial charge in [-0.05, 0) is 54.6 Å². The predicted octanol–water partition coefficient (Wildman–Crippen LogP) is 7.30. The lowest BCUT2D eigenvalue weighted by atomic mass is 9.99. The van der Waals surface area contributed by atoms with Gasteiger partial charge >= 0.3 is 0 Å². The zero-order valence-corrected chi connectivity index (χ0v) is 20.3. The Morgan fingerprint density at radius 1 is 0.912 bits per heavy atom. The summed E-state index contributed by atoms with van der Waals surface area (Å²) in [6.07, 6.45) is 10.8. The van der Waals surface area contributed by atoms with Gasteiger partial charge in [-0.25, -0.2) is 0 Å². The van der Waals surface area contributed by atoms with Crippen molar-refractivity contribution in [2.45, 2.75) is 58.9 Å². The maximum Gasteiger partial charge on any atom is 0.248 e. The monoisotopic (exact) mass is 454 g/mol. The quantitative estimate of drug-likeness (QED) is 0.228. The van der Waals surface area contributed by atoms with E-state index in [-0.39, 0.29) is 0 Å². The minimum absolute atomic E-state index is 0.524. The van der Waals surface area contributed by atoms with Crippen molar-refractivity contribution in [1.29, 1.82) is 0 Å². The van der Waals surface area contributed by atoms with Crippen molar-refractivity contribution in [2.75, 3.05) is 6.54 Å². The summed E-state index contributed by atoms with van der Waals surface area (Å²) in [7, 11) is 0. The summed E-state index contributed by atoms with van der Waals surface area (Å²) >= 11 is 0. The molecule has 4 aromatic rings. The highest BCUT2D eigenvalue weighted by Crippen LogP contribution is 2.30. The third-order valence-corrected chi connectivity index (χ3v) is 6.04. The van der Waals surface area contributed by atoms with E-state index in [0.29, 0.717) is 11.8 Å². The smallest absolute Gasteiger partial charge is 0.248 e. The first-order valence-electron chi connectivity index (χ1n) is 12.5. The van der Waals surface area contributed by atoms with Crippen LogP contribution in [0, 0.1) is 0 Å². The van der Waals surface area contributed by atoms with Crippen LogP contribution >= 0.6 is 0 Å². The Hall–Kier alpha value is -3.31. The summed E-state index contributed by atoms with van der Waals surface area (Å²) in [6, 6.07) is 18.7. The van der Waals surface area contributed by atoms with Crippen LogP contribution in [0.2, 0.25) is 0 Å². The molecule has 0 fully saturated rings. The van der Waals surface area contributed by atoms with Crippen LogP contribution in [0.1, 0.15) is 69.4 Å². The molecule has 0 aliphatic carbocycles. The Kier molecular flexibility index (Phi) is 8.58. The molecule has 4 rings (SSSR count). The van der Waals surface area contributed by atoms with Gasteiger partial charge < -0.3 is 9.73 Å². The number of fused-ring (bicyclic) bond motifs is 1. The van der Waals surface area contributed by atoms with Crippen LogP contribution in [0.15, 0.2) is 65.2 Å². The summed E-state index contributed by atoms with van der Waals surface area (Å²) in [4.78, 5) is 4.66. The average Bonchev–Trinajstić information content (AvgIpc) is 3.35. The molecule has 0 atom stereocenters. The van der Waals surface area contributed by atoms with Gasteiger partial charge in [0.2, 0.25) is 11.8 Å². The van der Waals surface area contributed by atoms with E-state index in [1.165, 1.54) is 42.4 Å². The fourth-order valence-corrected chi connectivity index (χ4v) is 4.15. The second kappa shape index (κ2) is 12.2. The van der Waals surface area contributed by atoms with Gasteiger partial charge in [-0.3, -0.25) is 4.98 Å². The highest BCUT2D eigenvalue weighted by atomic mass is 16.4. The van der Waals surface area contributed by atoms with E-state index in [2.05, 4.69) is 76.8 Å².